The summed E-state index contributed by atoms with van der Waals surface area (Å²) in [6, 6.07) is 0. The summed E-state index contributed by atoms with van der Waals surface area (Å²) in [5, 5.41) is 8.31. The van der Waals surface area contributed by atoms with Gasteiger partial charge in [0.15, 0.2) is 0 Å². The van der Waals surface area contributed by atoms with E-state index in [1.807, 2.05) is 19.9 Å². The third-order valence-corrected chi connectivity index (χ3v) is 1.06. The summed E-state index contributed by atoms with van der Waals surface area (Å²) < 4.78 is 5.02. The summed E-state index contributed by atoms with van der Waals surface area (Å²) in [6.45, 7) is 5.15. The molecule has 0 bridgehead atoms. The minimum Gasteiger partial charge on any atom is -0.394 e. The van der Waals surface area contributed by atoms with Gasteiger partial charge in [-0.1, -0.05) is 11.6 Å². The number of rotatable bonds is 4. The van der Waals surface area contributed by atoms with Gasteiger partial charge in [-0.15, -0.1) is 0 Å². The number of aliphatic hydroxyl groups is 1. The minimum absolute atomic E-state index is 0.108. The predicted octanol–water partition coefficient (Wildman–Crippen LogP) is 0.962. The molecule has 0 aromatic carbocycles. The maximum atomic E-state index is 8.31. The summed E-state index contributed by atoms with van der Waals surface area (Å²) in [7, 11) is 0. The lowest BCUT2D eigenvalue weighted by molar-refractivity contribution is 0.108. The molecule has 0 atom stereocenters. The fourth-order valence-corrected chi connectivity index (χ4v) is 0.381. The zero-order valence-corrected chi connectivity index (χ0v) is 6.05. The molecule has 0 radical (unpaired) electrons. The van der Waals surface area contributed by atoms with E-state index in [-0.39, 0.29) is 6.61 Å². The Labute approximate surface area is 56.1 Å². The molecule has 0 spiro atoms. The highest BCUT2D eigenvalue weighted by molar-refractivity contribution is 4.95. The fraction of sp³-hybridized carbons (Fsp3) is 0.714. The third kappa shape index (κ3) is 5.53. The zero-order valence-electron chi connectivity index (χ0n) is 6.05. The van der Waals surface area contributed by atoms with Crippen LogP contribution in [0.4, 0.5) is 0 Å². The van der Waals surface area contributed by atoms with Crippen LogP contribution in [0.25, 0.3) is 0 Å². The predicted molar refractivity (Wildman–Crippen MR) is 37.3 cm³/mol. The SMILES string of the molecule is CC=C(C)COCCO. The van der Waals surface area contributed by atoms with Crippen LogP contribution in [0.2, 0.25) is 0 Å². The number of ether oxygens (including phenoxy) is 1. The van der Waals surface area contributed by atoms with E-state index in [1.165, 1.54) is 5.57 Å². The topological polar surface area (TPSA) is 29.5 Å². The molecule has 0 aliphatic heterocycles. The molecule has 0 aliphatic rings. The molecule has 1 N–H and O–H groups in total. The van der Waals surface area contributed by atoms with E-state index in [0.29, 0.717) is 13.2 Å². The first-order valence-corrected chi connectivity index (χ1v) is 3.11. The van der Waals surface area contributed by atoms with Gasteiger partial charge in [0.2, 0.25) is 0 Å². The molecule has 0 heterocycles. The van der Waals surface area contributed by atoms with Crippen LogP contribution in [-0.4, -0.2) is 24.9 Å². The summed E-state index contributed by atoms with van der Waals surface area (Å²) in [4.78, 5) is 0. The van der Waals surface area contributed by atoms with Crippen molar-refractivity contribution in [1.82, 2.24) is 0 Å². The van der Waals surface area contributed by atoms with E-state index in [2.05, 4.69) is 0 Å². The van der Waals surface area contributed by atoms with Crippen molar-refractivity contribution < 1.29 is 9.84 Å². The third-order valence-electron chi connectivity index (χ3n) is 1.06. The molecule has 0 aliphatic carbocycles. The lowest BCUT2D eigenvalue weighted by Gasteiger charge is -1.99. The van der Waals surface area contributed by atoms with E-state index in [4.69, 9.17) is 9.84 Å². The molecule has 54 valence electrons. The van der Waals surface area contributed by atoms with Gasteiger partial charge in [-0.25, -0.2) is 0 Å². The number of hydrogen-bond donors (Lipinski definition) is 1. The van der Waals surface area contributed by atoms with Crippen molar-refractivity contribution in [3.8, 4) is 0 Å². The largest absolute Gasteiger partial charge is 0.394 e. The van der Waals surface area contributed by atoms with Gasteiger partial charge < -0.3 is 9.84 Å². The fourth-order valence-electron chi connectivity index (χ4n) is 0.381. The van der Waals surface area contributed by atoms with Gasteiger partial charge in [-0.3, -0.25) is 0 Å². The average molecular weight is 130 g/mol. The van der Waals surface area contributed by atoms with Crippen molar-refractivity contribution in [3.05, 3.63) is 11.6 Å². The maximum Gasteiger partial charge on any atom is 0.0702 e. The van der Waals surface area contributed by atoms with Crippen molar-refractivity contribution in [2.24, 2.45) is 0 Å². The van der Waals surface area contributed by atoms with E-state index >= 15 is 0 Å². The van der Waals surface area contributed by atoms with Crippen molar-refractivity contribution in [3.63, 3.8) is 0 Å². The Bertz CT molecular complexity index is 86.9. The first kappa shape index (κ1) is 8.66. The smallest absolute Gasteiger partial charge is 0.0702 e. The van der Waals surface area contributed by atoms with Crippen LogP contribution in [0.3, 0.4) is 0 Å². The molecule has 0 saturated heterocycles. The van der Waals surface area contributed by atoms with Gasteiger partial charge in [0.1, 0.15) is 0 Å². The Balaban J connectivity index is 3.07. The number of allylic oxidation sites excluding steroid dienone is 1. The first-order valence-electron chi connectivity index (χ1n) is 3.11. The van der Waals surface area contributed by atoms with E-state index < -0.39 is 0 Å². The number of aliphatic hydroxyl groups excluding tert-OH is 1. The molecule has 0 aromatic rings. The van der Waals surface area contributed by atoms with Crippen molar-refractivity contribution in [2.75, 3.05) is 19.8 Å². The molecule has 0 fully saturated rings. The molecule has 0 unspecified atom stereocenters. The van der Waals surface area contributed by atoms with Gasteiger partial charge >= 0.3 is 0 Å². The van der Waals surface area contributed by atoms with E-state index in [1.54, 1.807) is 0 Å². The average Bonchev–Trinajstić information content (AvgIpc) is 1.89. The first-order chi connectivity index (χ1) is 4.31. The normalized spacial score (nSPS) is 12.1. The van der Waals surface area contributed by atoms with Crippen LogP contribution >= 0.6 is 0 Å². The van der Waals surface area contributed by atoms with Crippen LogP contribution in [0, 0.1) is 0 Å². The highest BCUT2D eigenvalue weighted by atomic mass is 16.5. The van der Waals surface area contributed by atoms with Crippen molar-refractivity contribution >= 4 is 0 Å². The Morgan fingerprint density at radius 1 is 1.67 bits per heavy atom. The molecule has 0 rings (SSSR count). The molecule has 9 heavy (non-hydrogen) atoms. The summed E-state index contributed by atoms with van der Waals surface area (Å²) in [6.07, 6.45) is 2.00. The lowest BCUT2D eigenvalue weighted by Crippen LogP contribution is -2.00. The summed E-state index contributed by atoms with van der Waals surface area (Å²) >= 11 is 0. The van der Waals surface area contributed by atoms with Gasteiger partial charge in [-0.05, 0) is 13.8 Å². The standard InChI is InChI=1S/C7H14O2/c1-3-7(2)6-9-5-4-8/h3,8H,4-6H2,1-2H3. The Hall–Kier alpha value is -0.340. The highest BCUT2D eigenvalue weighted by Crippen LogP contribution is 1.90. The molecule has 0 amide bonds. The molecule has 0 aromatic heterocycles. The van der Waals surface area contributed by atoms with Crippen LogP contribution in [0.15, 0.2) is 11.6 Å². The van der Waals surface area contributed by atoms with Crippen molar-refractivity contribution in [1.29, 1.82) is 0 Å². The summed E-state index contributed by atoms with van der Waals surface area (Å²) in [5.41, 5.74) is 1.20. The molecule has 2 heteroatoms. The molecular weight excluding hydrogens is 116 g/mol. The van der Waals surface area contributed by atoms with Crippen LogP contribution in [-0.2, 0) is 4.74 Å². The van der Waals surface area contributed by atoms with Crippen LogP contribution < -0.4 is 0 Å². The zero-order chi connectivity index (χ0) is 7.11. The maximum absolute atomic E-state index is 8.31. The second-order valence-corrected chi connectivity index (χ2v) is 1.91. The second-order valence-electron chi connectivity index (χ2n) is 1.91. The van der Waals surface area contributed by atoms with E-state index in [9.17, 15) is 0 Å². The van der Waals surface area contributed by atoms with Crippen LogP contribution in [0.1, 0.15) is 13.8 Å². The van der Waals surface area contributed by atoms with Gasteiger partial charge in [-0.2, -0.15) is 0 Å². The van der Waals surface area contributed by atoms with Gasteiger partial charge in [0, 0.05) is 0 Å². The summed E-state index contributed by atoms with van der Waals surface area (Å²) in [5.74, 6) is 0. The molecular formula is C7H14O2. The Kier molecular flexibility index (Phi) is 5.57. The van der Waals surface area contributed by atoms with Gasteiger partial charge in [0.05, 0.1) is 19.8 Å². The highest BCUT2D eigenvalue weighted by Gasteiger charge is 1.85. The van der Waals surface area contributed by atoms with Crippen LogP contribution in [0.5, 0.6) is 0 Å². The monoisotopic (exact) mass is 130 g/mol. The minimum atomic E-state index is 0.108. The second kappa shape index (κ2) is 5.79. The Morgan fingerprint density at radius 3 is 2.78 bits per heavy atom. The Morgan fingerprint density at radius 2 is 2.33 bits per heavy atom. The number of hydrogen-bond acceptors (Lipinski definition) is 2. The lowest BCUT2D eigenvalue weighted by atomic mass is 10.3. The quantitative estimate of drug-likeness (QED) is 0.453. The molecule has 2 nitrogen and oxygen atoms in total. The molecule has 0 saturated carbocycles. The van der Waals surface area contributed by atoms with E-state index in [0.717, 1.165) is 0 Å². The van der Waals surface area contributed by atoms with Crippen molar-refractivity contribution in [2.45, 2.75) is 13.8 Å². The van der Waals surface area contributed by atoms with Gasteiger partial charge in [0.25, 0.3) is 0 Å².